The third kappa shape index (κ3) is 9.84. The maximum Gasteiger partial charge on any atom is 0.203 e. The van der Waals surface area contributed by atoms with Gasteiger partial charge < -0.3 is 19.3 Å². The lowest BCUT2D eigenvalue weighted by Gasteiger charge is -2.14. The van der Waals surface area contributed by atoms with Crippen molar-refractivity contribution in [2.75, 3.05) is 27.4 Å². The third-order valence-corrected chi connectivity index (χ3v) is 4.68. The Kier molecular flexibility index (Phi) is 12.4. The van der Waals surface area contributed by atoms with Crippen molar-refractivity contribution in [1.29, 1.82) is 0 Å². The van der Waals surface area contributed by atoms with Crippen LogP contribution in [0.4, 0.5) is 0 Å². The van der Waals surface area contributed by atoms with Gasteiger partial charge in [0.2, 0.25) is 5.75 Å². The summed E-state index contributed by atoms with van der Waals surface area (Å²) in [5.74, 6) is 1.79. The van der Waals surface area contributed by atoms with Crippen LogP contribution in [0.25, 0.3) is 6.08 Å². The van der Waals surface area contributed by atoms with Gasteiger partial charge in [-0.25, -0.2) is 0 Å². The van der Waals surface area contributed by atoms with Crippen molar-refractivity contribution in [2.45, 2.75) is 53.4 Å². The Morgan fingerprint density at radius 3 is 1.97 bits per heavy atom. The maximum atomic E-state index is 8.97. The molecule has 0 bridgehead atoms. The van der Waals surface area contributed by atoms with Gasteiger partial charge in [0.1, 0.15) is 6.61 Å². The van der Waals surface area contributed by atoms with E-state index in [-0.39, 0.29) is 6.61 Å². The molecule has 0 aromatic heterocycles. The van der Waals surface area contributed by atoms with Crippen molar-refractivity contribution in [3.63, 3.8) is 0 Å². The van der Waals surface area contributed by atoms with Gasteiger partial charge in [-0.2, -0.15) is 0 Å². The number of rotatable bonds is 13. The second kappa shape index (κ2) is 14.5. The SMILES string of the molecule is COc1cc(C=CCO)cc(OC)c1OCC=C(C)CCC=C(C)CCC=C(C)C. The second-order valence-corrected chi connectivity index (χ2v) is 7.61. The molecule has 0 atom stereocenters. The first-order valence-corrected chi connectivity index (χ1v) is 10.5. The quantitative estimate of drug-likeness (QED) is 0.374. The number of benzene rings is 1. The van der Waals surface area contributed by atoms with Crippen LogP contribution in [0, 0.1) is 0 Å². The molecule has 0 unspecified atom stereocenters. The van der Waals surface area contributed by atoms with Crippen molar-refractivity contribution in [3.05, 3.63) is 58.7 Å². The fourth-order valence-corrected chi connectivity index (χ4v) is 2.93. The van der Waals surface area contributed by atoms with Crippen molar-refractivity contribution in [1.82, 2.24) is 0 Å². The van der Waals surface area contributed by atoms with E-state index in [1.165, 1.54) is 16.7 Å². The van der Waals surface area contributed by atoms with Crippen LogP contribution in [0.1, 0.15) is 58.9 Å². The minimum Gasteiger partial charge on any atom is -0.493 e. The molecule has 1 N–H and O–H groups in total. The molecule has 0 heterocycles. The summed E-state index contributed by atoms with van der Waals surface area (Å²) in [5, 5.41) is 8.97. The Morgan fingerprint density at radius 2 is 1.43 bits per heavy atom. The topological polar surface area (TPSA) is 47.9 Å². The van der Waals surface area contributed by atoms with E-state index in [0.717, 1.165) is 31.2 Å². The van der Waals surface area contributed by atoms with Crippen LogP contribution in [0.3, 0.4) is 0 Å². The monoisotopic (exact) mass is 414 g/mol. The molecule has 30 heavy (non-hydrogen) atoms. The van der Waals surface area contributed by atoms with Gasteiger partial charge in [-0.3, -0.25) is 0 Å². The van der Waals surface area contributed by atoms with Gasteiger partial charge in [0, 0.05) is 0 Å². The van der Waals surface area contributed by atoms with Crippen LogP contribution in [-0.4, -0.2) is 32.5 Å². The highest BCUT2D eigenvalue weighted by molar-refractivity contribution is 5.62. The Bertz CT molecular complexity index is 740. The summed E-state index contributed by atoms with van der Waals surface area (Å²) in [4.78, 5) is 0. The molecule has 4 heteroatoms. The molecule has 1 aromatic rings. The Morgan fingerprint density at radius 1 is 0.867 bits per heavy atom. The Hall–Kier alpha value is -2.46. The fraction of sp³-hybridized carbons (Fsp3) is 0.462. The summed E-state index contributed by atoms with van der Waals surface area (Å²) in [6.07, 6.45) is 14.5. The van der Waals surface area contributed by atoms with E-state index in [4.69, 9.17) is 19.3 Å². The van der Waals surface area contributed by atoms with E-state index in [1.54, 1.807) is 20.3 Å². The van der Waals surface area contributed by atoms with Gasteiger partial charge in [-0.1, -0.05) is 41.0 Å². The number of ether oxygens (including phenoxy) is 3. The maximum absolute atomic E-state index is 8.97. The molecule has 0 aliphatic rings. The molecule has 0 saturated heterocycles. The minimum absolute atomic E-state index is 0.0167. The van der Waals surface area contributed by atoms with Gasteiger partial charge in [-0.05, 0) is 77.2 Å². The Labute approximate surface area is 182 Å². The van der Waals surface area contributed by atoms with E-state index in [1.807, 2.05) is 18.2 Å². The van der Waals surface area contributed by atoms with Crippen LogP contribution < -0.4 is 14.2 Å². The molecule has 0 spiro atoms. The zero-order valence-electron chi connectivity index (χ0n) is 19.5. The predicted molar refractivity (Wildman–Crippen MR) is 127 cm³/mol. The third-order valence-electron chi connectivity index (χ3n) is 4.68. The summed E-state index contributed by atoms with van der Waals surface area (Å²) in [5.41, 5.74) is 5.00. The smallest absolute Gasteiger partial charge is 0.203 e. The van der Waals surface area contributed by atoms with Crippen LogP contribution in [0.2, 0.25) is 0 Å². The molecule has 0 aliphatic heterocycles. The number of allylic oxidation sites excluding steroid dienone is 5. The van der Waals surface area contributed by atoms with Crippen molar-refractivity contribution in [3.8, 4) is 17.2 Å². The van der Waals surface area contributed by atoms with Gasteiger partial charge >= 0.3 is 0 Å². The first-order chi connectivity index (χ1) is 14.4. The summed E-state index contributed by atoms with van der Waals surface area (Å²) in [7, 11) is 3.21. The lowest BCUT2D eigenvalue weighted by Crippen LogP contribution is -2.01. The van der Waals surface area contributed by atoms with Crippen LogP contribution in [0.15, 0.2) is 53.2 Å². The van der Waals surface area contributed by atoms with E-state index in [9.17, 15) is 0 Å². The number of hydrogen-bond acceptors (Lipinski definition) is 4. The van der Waals surface area contributed by atoms with Gasteiger partial charge in [0.25, 0.3) is 0 Å². The predicted octanol–water partition coefficient (Wildman–Crippen LogP) is 6.51. The molecule has 4 nitrogen and oxygen atoms in total. The summed E-state index contributed by atoms with van der Waals surface area (Å²) in [6, 6.07) is 3.73. The number of aliphatic hydroxyl groups excluding tert-OH is 1. The van der Waals surface area contributed by atoms with E-state index >= 15 is 0 Å². The molecular formula is C26H38O4. The first kappa shape index (κ1) is 25.6. The van der Waals surface area contributed by atoms with Gasteiger partial charge in [0.05, 0.1) is 20.8 Å². The molecule has 166 valence electrons. The second-order valence-electron chi connectivity index (χ2n) is 7.61. The van der Waals surface area contributed by atoms with Gasteiger partial charge in [-0.15, -0.1) is 0 Å². The largest absolute Gasteiger partial charge is 0.493 e. The lowest BCUT2D eigenvalue weighted by atomic mass is 10.1. The highest BCUT2D eigenvalue weighted by atomic mass is 16.5. The summed E-state index contributed by atoms with van der Waals surface area (Å²) in [6.45, 7) is 9.06. The van der Waals surface area contributed by atoms with E-state index in [0.29, 0.717) is 23.9 Å². The highest BCUT2D eigenvalue weighted by Gasteiger charge is 2.13. The normalized spacial score (nSPS) is 12.2. The van der Waals surface area contributed by atoms with Crippen molar-refractivity contribution in [2.24, 2.45) is 0 Å². The van der Waals surface area contributed by atoms with Crippen LogP contribution in [0.5, 0.6) is 17.2 Å². The van der Waals surface area contributed by atoms with Gasteiger partial charge in [0.15, 0.2) is 11.5 Å². The standard InChI is InChI=1S/C26H38O4/c1-20(2)10-7-11-21(3)12-8-13-22(4)15-17-30-26-24(28-5)18-23(14-9-16-27)19-25(26)29-6/h9-10,12,14-15,18-19,27H,7-8,11,13,16-17H2,1-6H3. The highest BCUT2D eigenvalue weighted by Crippen LogP contribution is 2.39. The molecule has 0 aliphatic carbocycles. The van der Waals surface area contributed by atoms with E-state index in [2.05, 4.69) is 45.9 Å². The van der Waals surface area contributed by atoms with Crippen molar-refractivity contribution < 1.29 is 19.3 Å². The van der Waals surface area contributed by atoms with E-state index < -0.39 is 0 Å². The summed E-state index contributed by atoms with van der Waals surface area (Å²) >= 11 is 0. The molecular weight excluding hydrogens is 376 g/mol. The lowest BCUT2D eigenvalue weighted by molar-refractivity contribution is 0.300. The molecule has 0 saturated carbocycles. The fourth-order valence-electron chi connectivity index (χ4n) is 2.93. The Balaban J connectivity index is 2.65. The number of hydrogen-bond donors (Lipinski definition) is 1. The number of methoxy groups -OCH3 is 2. The average molecular weight is 415 g/mol. The molecule has 0 amide bonds. The first-order valence-electron chi connectivity index (χ1n) is 10.5. The molecule has 1 aromatic carbocycles. The average Bonchev–Trinajstić information content (AvgIpc) is 2.72. The minimum atomic E-state index is -0.0167. The molecule has 0 fully saturated rings. The zero-order valence-corrected chi connectivity index (χ0v) is 19.5. The number of aliphatic hydroxyl groups is 1. The molecule has 1 rings (SSSR count). The van der Waals surface area contributed by atoms with Crippen LogP contribution >= 0.6 is 0 Å². The summed E-state index contributed by atoms with van der Waals surface area (Å²) < 4.78 is 16.9. The van der Waals surface area contributed by atoms with Crippen LogP contribution in [-0.2, 0) is 0 Å². The zero-order chi connectivity index (χ0) is 22.4. The van der Waals surface area contributed by atoms with Crippen molar-refractivity contribution >= 4 is 6.08 Å². The molecule has 0 radical (unpaired) electrons.